The molecular formula is C34H50NiO6. The Morgan fingerprint density at radius 2 is 0.927 bits per heavy atom. The van der Waals surface area contributed by atoms with Crippen LogP contribution in [-0.2, 0) is 60.6 Å². The first-order valence-electron chi connectivity index (χ1n) is 14.0. The van der Waals surface area contributed by atoms with E-state index in [9.17, 15) is 24.9 Å². The van der Waals surface area contributed by atoms with Crippen molar-refractivity contribution in [2.75, 3.05) is 0 Å². The van der Waals surface area contributed by atoms with Crippen molar-refractivity contribution in [3.05, 3.63) is 57.6 Å². The monoisotopic (exact) mass is 612 g/mol. The molecule has 0 bridgehead atoms. The predicted octanol–water partition coefficient (Wildman–Crippen LogP) is 6.04. The van der Waals surface area contributed by atoms with Gasteiger partial charge in [0.2, 0.25) is 0 Å². The third kappa shape index (κ3) is 11.7. The van der Waals surface area contributed by atoms with E-state index in [1.54, 1.807) is 0 Å². The van der Waals surface area contributed by atoms with Crippen LogP contribution >= 0.6 is 0 Å². The molecule has 0 aliphatic heterocycles. The molecule has 0 radical (unpaired) electrons. The van der Waals surface area contributed by atoms with E-state index in [0.29, 0.717) is 18.6 Å². The number of phenols is 1. The van der Waals surface area contributed by atoms with Gasteiger partial charge >= 0.3 is 22.5 Å². The average molecular weight is 613 g/mol. The summed E-state index contributed by atoms with van der Waals surface area (Å²) in [6.07, 6.45) is 0.972. The second-order valence-corrected chi connectivity index (χ2v) is 14.8. The molecule has 0 saturated carbocycles. The van der Waals surface area contributed by atoms with E-state index in [2.05, 4.69) is 41.5 Å². The van der Waals surface area contributed by atoms with Crippen LogP contribution in [0.3, 0.4) is 0 Å². The van der Waals surface area contributed by atoms with Crippen LogP contribution < -0.4 is 10.2 Å². The maximum Gasteiger partial charge on any atom is 2.00 e. The molecule has 0 unspecified atom stereocenters. The molecule has 2 N–H and O–H groups in total. The van der Waals surface area contributed by atoms with Gasteiger partial charge in [0, 0.05) is 12.4 Å². The zero-order chi connectivity index (χ0) is 31.4. The summed E-state index contributed by atoms with van der Waals surface area (Å²) in [7, 11) is 0. The molecule has 0 atom stereocenters. The third-order valence-electron chi connectivity index (χ3n) is 6.80. The topological polar surface area (TPSA) is 121 Å². The largest absolute Gasteiger partial charge is 2.00 e. The standard InChI is InChI=1S/2C17H26O3.Ni/c2*1-16(2,3)12-9-11(7-8-14(18)19)10-13(15(12)20)17(4,5)6;/h2*9-10,20H,7-8H2,1-6H3,(H,18,19);/q;;+2/p-2. The molecule has 0 amide bonds. The molecule has 0 heterocycles. The number of aryl methyl sites for hydroxylation is 2. The summed E-state index contributed by atoms with van der Waals surface area (Å²) in [4.78, 5) is 21.4. The van der Waals surface area contributed by atoms with E-state index in [1.807, 2.05) is 65.8 Å². The van der Waals surface area contributed by atoms with Crippen molar-refractivity contribution < 1.29 is 46.5 Å². The molecule has 2 rings (SSSR count). The van der Waals surface area contributed by atoms with Crippen LogP contribution in [0.25, 0.3) is 0 Å². The van der Waals surface area contributed by atoms with Crippen LogP contribution in [0.15, 0.2) is 24.3 Å². The van der Waals surface area contributed by atoms with Gasteiger partial charge in [-0.05, 0) is 74.3 Å². The Kier molecular flexibility index (Phi) is 13.2. The molecule has 6 nitrogen and oxygen atoms in total. The van der Waals surface area contributed by atoms with Gasteiger partial charge < -0.3 is 25.2 Å². The van der Waals surface area contributed by atoms with E-state index in [4.69, 9.17) is 5.11 Å². The Hall–Kier alpha value is -2.53. The van der Waals surface area contributed by atoms with Crippen LogP contribution in [0.4, 0.5) is 0 Å². The molecule has 0 aliphatic carbocycles. The summed E-state index contributed by atoms with van der Waals surface area (Å²) in [5.41, 5.74) is 4.26. The second kappa shape index (κ2) is 14.1. The second-order valence-electron chi connectivity index (χ2n) is 14.8. The summed E-state index contributed by atoms with van der Waals surface area (Å²) in [5, 5.41) is 42.6. The number of aliphatic carboxylic acids is 2. The molecule has 232 valence electrons. The van der Waals surface area contributed by atoms with Gasteiger partial charge in [0.05, 0.1) is 0 Å². The predicted molar refractivity (Wildman–Crippen MR) is 158 cm³/mol. The zero-order valence-electron chi connectivity index (χ0n) is 27.0. The minimum Gasteiger partial charge on any atom is -0.872 e. The molecule has 0 aliphatic rings. The van der Waals surface area contributed by atoms with Gasteiger partial charge in [-0.3, -0.25) is 4.79 Å². The quantitative estimate of drug-likeness (QED) is 0.384. The van der Waals surface area contributed by atoms with Crippen LogP contribution in [0.5, 0.6) is 11.5 Å². The van der Waals surface area contributed by atoms with Gasteiger partial charge in [0.25, 0.3) is 0 Å². The number of carboxylic acid groups (broad SMARTS) is 2. The van der Waals surface area contributed by atoms with Gasteiger partial charge in [-0.15, -0.1) is 5.75 Å². The van der Waals surface area contributed by atoms with Crippen molar-refractivity contribution in [1.29, 1.82) is 0 Å². The van der Waals surface area contributed by atoms with Crippen molar-refractivity contribution >= 4 is 11.9 Å². The Labute approximate surface area is 257 Å². The molecule has 41 heavy (non-hydrogen) atoms. The molecule has 2 aromatic carbocycles. The average Bonchev–Trinajstić information content (AvgIpc) is 2.74. The van der Waals surface area contributed by atoms with Crippen molar-refractivity contribution in [2.24, 2.45) is 0 Å². The van der Waals surface area contributed by atoms with E-state index in [0.717, 1.165) is 33.4 Å². The van der Waals surface area contributed by atoms with Gasteiger partial charge in [0.15, 0.2) is 0 Å². The summed E-state index contributed by atoms with van der Waals surface area (Å²) < 4.78 is 0. The molecule has 0 spiro atoms. The first kappa shape index (κ1) is 38.5. The van der Waals surface area contributed by atoms with Gasteiger partial charge in [0.1, 0.15) is 5.75 Å². The number of carboxylic acids is 2. The maximum absolute atomic E-state index is 12.6. The minimum absolute atomic E-state index is 0. The summed E-state index contributed by atoms with van der Waals surface area (Å²) in [5.74, 6) is -1.45. The number of phenolic OH excluding ortho intramolecular Hbond substituents is 1. The number of carbonyl (C=O) groups excluding carboxylic acids is 1. The Morgan fingerprint density at radius 3 is 1.20 bits per heavy atom. The SMILES string of the molecule is CC(C)(C)c1cc(CCC(=O)O)cc(C(C)(C)C)c1O.CC(C)(C)c1cc(CCC(=O)[O-])cc(C(C)(C)C)c1[O-].[Ni+2]. The van der Waals surface area contributed by atoms with E-state index < -0.39 is 11.9 Å². The number of hydrogen-bond donors (Lipinski definition) is 2. The Balaban J connectivity index is 0.000000762. The van der Waals surface area contributed by atoms with Crippen LogP contribution in [0, 0.1) is 0 Å². The number of aromatic hydroxyl groups is 1. The Morgan fingerprint density at radius 1 is 0.634 bits per heavy atom. The first-order chi connectivity index (χ1) is 17.9. The summed E-state index contributed by atoms with van der Waals surface area (Å²) in [6.45, 7) is 24.3. The van der Waals surface area contributed by atoms with E-state index in [1.165, 1.54) is 0 Å². The van der Waals surface area contributed by atoms with Crippen LogP contribution in [0.1, 0.15) is 129 Å². The van der Waals surface area contributed by atoms with E-state index >= 15 is 0 Å². The Bertz CT molecular complexity index is 1040. The van der Waals surface area contributed by atoms with E-state index in [-0.39, 0.29) is 56.7 Å². The summed E-state index contributed by atoms with van der Waals surface area (Å²) in [6, 6.07) is 7.57. The fourth-order valence-corrected chi connectivity index (χ4v) is 4.43. The number of hydrogen-bond acceptors (Lipinski definition) is 5. The molecular weight excluding hydrogens is 563 g/mol. The van der Waals surface area contributed by atoms with Crippen molar-refractivity contribution in [2.45, 2.75) is 130 Å². The number of carbonyl (C=O) groups is 2. The fraction of sp³-hybridized carbons (Fsp3) is 0.588. The molecule has 7 heteroatoms. The summed E-state index contributed by atoms with van der Waals surface area (Å²) >= 11 is 0. The maximum atomic E-state index is 12.6. The first-order valence-corrected chi connectivity index (χ1v) is 14.0. The number of benzene rings is 2. The number of rotatable bonds is 6. The third-order valence-corrected chi connectivity index (χ3v) is 6.80. The molecule has 0 fully saturated rings. The van der Waals surface area contributed by atoms with Crippen LogP contribution in [-0.4, -0.2) is 22.2 Å². The van der Waals surface area contributed by atoms with Gasteiger partial charge in [-0.25, -0.2) is 0 Å². The smallest absolute Gasteiger partial charge is 0.872 e. The molecule has 2 aromatic rings. The van der Waals surface area contributed by atoms with Gasteiger partial charge in [-0.2, -0.15) is 0 Å². The van der Waals surface area contributed by atoms with Gasteiger partial charge in [-0.1, -0.05) is 107 Å². The molecule has 0 aromatic heterocycles. The minimum atomic E-state index is -1.06. The van der Waals surface area contributed by atoms with Crippen molar-refractivity contribution in [3.63, 3.8) is 0 Å². The fourth-order valence-electron chi connectivity index (χ4n) is 4.43. The van der Waals surface area contributed by atoms with Crippen molar-refractivity contribution in [1.82, 2.24) is 0 Å². The zero-order valence-corrected chi connectivity index (χ0v) is 28.0. The normalized spacial score (nSPS) is 12.2. The van der Waals surface area contributed by atoms with Crippen molar-refractivity contribution in [3.8, 4) is 11.5 Å². The molecule has 0 saturated heterocycles. The van der Waals surface area contributed by atoms with Crippen LogP contribution in [0.2, 0.25) is 0 Å².